The van der Waals surface area contributed by atoms with Crippen LogP contribution < -0.4 is 4.74 Å². The molecule has 0 amide bonds. The van der Waals surface area contributed by atoms with Gasteiger partial charge in [-0.15, -0.1) is 0 Å². The second-order valence-electron chi connectivity index (χ2n) is 9.05. The van der Waals surface area contributed by atoms with E-state index in [1.54, 1.807) is 0 Å². The van der Waals surface area contributed by atoms with Crippen LogP contribution in [0.1, 0.15) is 28.3 Å². The number of methoxy groups -OCH3 is 1. The highest BCUT2D eigenvalue weighted by molar-refractivity contribution is 7.89. The molecule has 7 nitrogen and oxygen atoms in total. The lowest BCUT2D eigenvalue weighted by Gasteiger charge is -2.39. The van der Waals surface area contributed by atoms with Crippen LogP contribution in [0.4, 0.5) is 4.39 Å². The number of piperazine rings is 1. The zero-order valence-corrected chi connectivity index (χ0v) is 21.8. The van der Waals surface area contributed by atoms with Crippen LogP contribution in [0.15, 0.2) is 65.6 Å². The number of carbonyl (C=O) groups is 1. The first-order valence-corrected chi connectivity index (χ1v) is 13.7. The van der Waals surface area contributed by atoms with Gasteiger partial charge in [-0.2, -0.15) is 4.31 Å². The van der Waals surface area contributed by atoms with Gasteiger partial charge in [0, 0.05) is 36.8 Å². The van der Waals surface area contributed by atoms with Crippen LogP contribution in [0, 0.1) is 5.82 Å². The highest BCUT2D eigenvalue weighted by Crippen LogP contribution is 2.41. The van der Waals surface area contributed by atoms with E-state index in [9.17, 15) is 17.6 Å². The Kier molecular flexibility index (Phi) is 7.22. The van der Waals surface area contributed by atoms with Gasteiger partial charge in [-0.1, -0.05) is 23.7 Å². The maximum Gasteiger partial charge on any atom is 0.309 e. The minimum absolute atomic E-state index is 0.0696. The molecule has 1 fully saturated rings. The van der Waals surface area contributed by atoms with Gasteiger partial charge in [-0.3, -0.25) is 9.69 Å². The molecule has 2 aliphatic heterocycles. The lowest BCUT2D eigenvalue weighted by Crippen LogP contribution is -2.49. The molecule has 1 saturated heterocycles. The van der Waals surface area contributed by atoms with Gasteiger partial charge >= 0.3 is 5.97 Å². The van der Waals surface area contributed by atoms with Crippen LogP contribution in [0.2, 0.25) is 5.02 Å². The SMILES string of the molecule is COC(=O)Cc1ccc2c(c1)C(N1CCN(S(=O)(=O)c3ccc(F)cc3)CC1)c1cc(Cl)ccc1CO2. The van der Waals surface area contributed by atoms with Crippen molar-refractivity contribution in [2.45, 2.75) is 24.0 Å². The average Bonchev–Trinajstić information content (AvgIpc) is 3.05. The predicted molar refractivity (Wildman–Crippen MR) is 137 cm³/mol. The molecule has 37 heavy (non-hydrogen) atoms. The molecule has 3 aromatic carbocycles. The zero-order valence-electron chi connectivity index (χ0n) is 20.2. The number of esters is 1. The van der Waals surface area contributed by atoms with Crippen LogP contribution in [0.5, 0.6) is 5.75 Å². The Hall–Kier alpha value is -2.98. The molecule has 0 aromatic heterocycles. The Balaban J connectivity index is 1.47. The van der Waals surface area contributed by atoms with Crippen molar-refractivity contribution in [3.8, 4) is 5.75 Å². The van der Waals surface area contributed by atoms with Gasteiger partial charge in [-0.25, -0.2) is 12.8 Å². The van der Waals surface area contributed by atoms with E-state index in [0.717, 1.165) is 34.4 Å². The average molecular weight is 545 g/mol. The number of benzene rings is 3. The molecule has 0 aliphatic carbocycles. The summed E-state index contributed by atoms with van der Waals surface area (Å²) < 4.78 is 52.1. The summed E-state index contributed by atoms with van der Waals surface area (Å²) >= 11 is 6.41. The van der Waals surface area contributed by atoms with E-state index in [0.29, 0.717) is 30.5 Å². The van der Waals surface area contributed by atoms with Gasteiger partial charge < -0.3 is 9.47 Å². The summed E-state index contributed by atoms with van der Waals surface area (Å²) in [5.74, 6) is -0.122. The van der Waals surface area contributed by atoms with Crippen LogP contribution in [-0.4, -0.2) is 56.9 Å². The van der Waals surface area contributed by atoms with E-state index >= 15 is 0 Å². The summed E-state index contributed by atoms with van der Waals surface area (Å²) in [5.41, 5.74) is 3.65. The number of ether oxygens (including phenoxy) is 2. The first-order valence-electron chi connectivity index (χ1n) is 11.9. The van der Waals surface area contributed by atoms with Gasteiger partial charge in [-0.05, 0) is 65.2 Å². The maximum atomic E-state index is 13.3. The highest BCUT2D eigenvalue weighted by atomic mass is 35.5. The molecule has 1 unspecified atom stereocenters. The molecule has 2 heterocycles. The number of sulfonamides is 1. The number of nitrogens with zero attached hydrogens (tertiary/aromatic N) is 2. The molecule has 2 aliphatic rings. The summed E-state index contributed by atoms with van der Waals surface area (Å²) in [6, 6.07) is 16.0. The largest absolute Gasteiger partial charge is 0.489 e. The van der Waals surface area contributed by atoms with Crippen molar-refractivity contribution < 1.29 is 27.1 Å². The van der Waals surface area contributed by atoms with Crippen molar-refractivity contribution in [3.05, 3.63) is 93.8 Å². The van der Waals surface area contributed by atoms with E-state index in [1.165, 1.54) is 23.5 Å². The maximum absolute atomic E-state index is 13.3. The smallest absolute Gasteiger partial charge is 0.309 e. The Labute approximate surface area is 220 Å². The molecule has 10 heteroatoms. The number of carbonyl (C=O) groups excluding carboxylic acids is 1. The summed E-state index contributed by atoms with van der Waals surface area (Å²) in [6.45, 7) is 1.81. The van der Waals surface area contributed by atoms with Crippen molar-refractivity contribution in [2.75, 3.05) is 33.3 Å². The zero-order chi connectivity index (χ0) is 26.2. The normalized spacial score (nSPS) is 18.3. The minimum Gasteiger partial charge on any atom is -0.489 e. The first-order chi connectivity index (χ1) is 17.8. The van der Waals surface area contributed by atoms with E-state index in [1.807, 2.05) is 36.4 Å². The standard InChI is InChI=1S/C27H26ClFN2O5S/c1-35-26(32)15-18-2-9-25-24(14-18)27(23-16-20(28)4-3-19(23)17-36-25)30-10-12-31(13-11-30)37(33,34)22-7-5-21(29)6-8-22/h2-9,14,16,27H,10-13,15,17H2,1H3. The van der Waals surface area contributed by atoms with Crippen molar-refractivity contribution in [1.82, 2.24) is 9.21 Å². The number of halogens is 2. The number of fused-ring (bicyclic) bond motifs is 2. The number of hydrogen-bond acceptors (Lipinski definition) is 6. The molecule has 3 aromatic rings. The molecule has 194 valence electrons. The molecule has 0 N–H and O–H groups in total. The Bertz CT molecular complexity index is 1420. The molecular formula is C27H26ClFN2O5S. The number of hydrogen-bond donors (Lipinski definition) is 0. The second-order valence-corrected chi connectivity index (χ2v) is 11.4. The second kappa shape index (κ2) is 10.4. The summed E-state index contributed by atoms with van der Waals surface area (Å²) in [5, 5.41) is 0.593. The van der Waals surface area contributed by atoms with Crippen LogP contribution in [0.3, 0.4) is 0 Å². The van der Waals surface area contributed by atoms with Crippen molar-refractivity contribution >= 4 is 27.6 Å². The van der Waals surface area contributed by atoms with E-state index in [-0.39, 0.29) is 36.4 Å². The predicted octanol–water partition coefficient (Wildman–Crippen LogP) is 4.18. The van der Waals surface area contributed by atoms with Gasteiger partial charge in [0.1, 0.15) is 18.2 Å². The lowest BCUT2D eigenvalue weighted by atomic mass is 9.91. The fourth-order valence-corrected chi connectivity index (χ4v) is 6.52. The molecule has 0 saturated carbocycles. The molecular weight excluding hydrogens is 519 g/mol. The third-order valence-corrected chi connectivity index (χ3v) is 8.97. The van der Waals surface area contributed by atoms with Crippen molar-refractivity contribution in [2.24, 2.45) is 0 Å². The van der Waals surface area contributed by atoms with Gasteiger partial charge in [0.2, 0.25) is 10.0 Å². The highest BCUT2D eigenvalue weighted by Gasteiger charge is 2.35. The van der Waals surface area contributed by atoms with Gasteiger partial charge in [0.05, 0.1) is 24.5 Å². The fourth-order valence-electron chi connectivity index (χ4n) is 4.92. The third kappa shape index (κ3) is 5.22. The topological polar surface area (TPSA) is 76.2 Å². The third-order valence-electron chi connectivity index (χ3n) is 6.82. The lowest BCUT2D eigenvalue weighted by molar-refractivity contribution is -0.139. The summed E-state index contributed by atoms with van der Waals surface area (Å²) in [4.78, 5) is 14.2. The van der Waals surface area contributed by atoms with Crippen molar-refractivity contribution in [1.29, 1.82) is 0 Å². The fraction of sp³-hybridized carbons (Fsp3) is 0.296. The van der Waals surface area contributed by atoms with E-state index < -0.39 is 15.8 Å². The van der Waals surface area contributed by atoms with Crippen LogP contribution in [-0.2, 0) is 32.6 Å². The van der Waals surface area contributed by atoms with E-state index in [2.05, 4.69) is 4.90 Å². The van der Waals surface area contributed by atoms with Crippen molar-refractivity contribution in [3.63, 3.8) is 0 Å². The molecule has 1 atom stereocenters. The monoisotopic (exact) mass is 544 g/mol. The molecule has 0 radical (unpaired) electrons. The molecule has 0 spiro atoms. The van der Waals surface area contributed by atoms with E-state index in [4.69, 9.17) is 21.1 Å². The van der Waals surface area contributed by atoms with Crippen LogP contribution in [0.25, 0.3) is 0 Å². The minimum atomic E-state index is -3.75. The molecule has 5 rings (SSSR count). The van der Waals surface area contributed by atoms with Gasteiger partial charge in [0.25, 0.3) is 0 Å². The Morgan fingerprint density at radius 3 is 2.46 bits per heavy atom. The van der Waals surface area contributed by atoms with Gasteiger partial charge in [0.15, 0.2) is 0 Å². The van der Waals surface area contributed by atoms with Crippen LogP contribution >= 0.6 is 11.6 Å². The first kappa shape index (κ1) is 25.7. The quantitative estimate of drug-likeness (QED) is 0.449. The Morgan fingerprint density at radius 2 is 1.76 bits per heavy atom. The Morgan fingerprint density at radius 1 is 1.03 bits per heavy atom. The summed E-state index contributed by atoms with van der Waals surface area (Å²) in [6.07, 6.45) is 0.128. The number of rotatable bonds is 5. The summed E-state index contributed by atoms with van der Waals surface area (Å²) in [7, 11) is -2.39. The molecule has 0 bridgehead atoms.